The molecule has 1 aliphatic carbocycles. The molecule has 2 heteroatoms. The highest BCUT2D eigenvalue weighted by Crippen LogP contribution is 2.20. The third-order valence-electron chi connectivity index (χ3n) is 3.20. The first-order valence-corrected chi connectivity index (χ1v) is 6.34. The molecule has 2 rings (SSSR count). The van der Waals surface area contributed by atoms with Gasteiger partial charge in [0.25, 0.3) is 0 Å². The van der Waals surface area contributed by atoms with E-state index >= 15 is 0 Å². The van der Waals surface area contributed by atoms with Crippen molar-refractivity contribution in [3.63, 3.8) is 0 Å². The highest BCUT2D eigenvalue weighted by molar-refractivity contribution is 5.97. The zero-order valence-corrected chi connectivity index (χ0v) is 11.0. The lowest BCUT2D eigenvalue weighted by Crippen LogP contribution is -2.07. The number of carbonyl (C=O) groups is 1. The molecular weight excluding hydrogens is 222 g/mol. The van der Waals surface area contributed by atoms with Crippen molar-refractivity contribution >= 4 is 17.5 Å². The standard InChI is InChI=1S/C16H19NO/c1-17(2)15-11-9-13(10-12-15)5-3-6-14-7-4-8-16(14)18/h3,5-6,9-12H,4,7-8H2,1-2H3/b5-3+,14-6+. The summed E-state index contributed by atoms with van der Waals surface area (Å²) in [7, 11) is 4.06. The number of Topliss-reactive ketones (excluding diaryl/α,β-unsaturated/α-hetero) is 1. The largest absolute Gasteiger partial charge is 0.378 e. The van der Waals surface area contributed by atoms with Crippen molar-refractivity contribution in [1.29, 1.82) is 0 Å². The van der Waals surface area contributed by atoms with Crippen LogP contribution in [-0.2, 0) is 4.79 Å². The maximum Gasteiger partial charge on any atom is 0.158 e. The van der Waals surface area contributed by atoms with Crippen LogP contribution in [0.3, 0.4) is 0 Å². The fourth-order valence-electron chi connectivity index (χ4n) is 2.07. The van der Waals surface area contributed by atoms with E-state index in [1.165, 1.54) is 5.69 Å². The lowest BCUT2D eigenvalue weighted by atomic mass is 10.1. The SMILES string of the molecule is CN(C)c1ccc(/C=C/C=C2\CCCC2=O)cc1. The molecule has 1 fully saturated rings. The van der Waals surface area contributed by atoms with Crippen LogP contribution in [0.15, 0.2) is 42.0 Å². The van der Waals surface area contributed by atoms with Crippen molar-refractivity contribution < 1.29 is 4.79 Å². The van der Waals surface area contributed by atoms with Crippen LogP contribution >= 0.6 is 0 Å². The first kappa shape index (κ1) is 12.6. The Hall–Kier alpha value is -1.83. The Morgan fingerprint density at radius 1 is 1.11 bits per heavy atom. The van der Waals surface area contributed by atoms with Crippen LogP contribution in [0.4, 0.5) is 5.69 Å². The Kier molecular flexibility index (Phi) is 3.98. The number of benzene rings is 1. The predicted molar refractivity (Wildman–Crippen MR) is 76.7 cm³/mol. The molecule has 2 nitrogen and oxygen atoms in total. The fraction of sp³-hybridized carbons (Fsp3) is 0.312. The maximum atomic E-state index is 11.4. The summed E-state index contributed by atoms with van der Waals surface area (Å²) in [4.78, 5) is 13.5. The molecule has 0 amide bonds. The van der Waals surface area contributed by atoms with E-state index in [2.05, 4.69) is 29.2 Å². The third kappa shape index (κ3) is 3.10. The molecule has 18 heavy (non-hydrogen) atoms. The number of ketones is 1. The number of allylic oxidation sites excluding steroid dienone is 3. The normalized spacial score (nSPS) is 17.9. The summed E-state index contributed by atoms with van der Waals surface area (Å²) in [6, 6.07) is 8.35. The van der Waals surface area contributed by atoms with E-state index in [-0.39, 0.29) is 0 Å². The molecule has 0 radical (unpaired) electrons. The van der Waals surface area contributed by atoms with Crippen LogP contribution in [0.1, 0.15) is 24.8 Å². The van der Waals surface area contributed by atoms with E-state index < -0.39 is 0 Å². The molecule has 94 valence electrons. The molecule has 1 aromatic rings. The van der Waals surface area contributed by atoms with Crippen LogP contribution < -0.4 is 4.90 Å². The minimum absolute atomic E-state index is 0.308. The second-order valence-electron chi connectivity index (χ2n) is 4.81. The van der Waals surface area contributed by atoms with Gasteiger partial charge in [-0.25, -0.2) is 0 Å². The monoisotopic (exact) mass is 241 g/mol. The van der Waals surface area contributed by atoms with Gasteiger partial charge >= 0.3 is 0 Å². The summed E-state index contributed by atoms with van der Waals surface area (Å²) < 4.78 is 0. The zero-order chi connectivity index (χ0) is 13.0. The highest BCUT2D eigenvalue weighted by Gasteiger charge is 2.15. The Morgan fingerprint density at radius 2 is 1.83 bits per heavy atom. The molecule has 0 spiro atoms. The van der Waals surface area contributed by atoms with E-state index in [1.54, 1.807) is 0 Å². The molecule has 0 atom stereocenters. The van der Waals surface area contributed by atoms with Crippen molar-refractivity contribution in [2.24, 2.45) is 0 Å². The molecule has 0 aromatic heterocycles. The van der Waals surface area contributed by atoms with Crippen molar-refractivity contribution in [1.82, 2.24) is 0 Å². The third-order valence-corrected chi connectivity index (χ3v) is 3.20. The summed E-state index contributed by atoms with van der Waals surface area (Å²) in [6.07, 6.45) is 8.63. The molecule has 1 saturated carbocycles. The van der Waals surface area contributed by atoms with Gasteiger partial charge in [0.2, 0.25) is 0 Å². The molecule has 0 saturated heterocycles. The van der Waals surface area contributed by atoms with Crippen molar-refractivity contribution in [2.45, 2.75) is 19.3 Å². The van der Waals surface area contributed by atoms with Gasteiger partial charge < -0.3 is 4.90 Å². The number of rotatable bonds is 3. The summed E-state index contributed by atoms with van der Waals surface area (Å²) >= 11 is 0. The fourth-order valence-corrected chi connectivity index (χ4v) is 2.07. The van der Waals surface area contributed by atoms with Gasteiger partial charge in [0, 0.05) is 26.2 Å². The quantitative estimate of drug-likeness (QED) is 0.755. The molecule has 0 N–H and O–H groups in total. The number of anilines is 1. The number of nitrogens with zero attached hydrogens (tertiary/aromatic N) is 1. The van der Waals surface area contributed by atoms with Crippen LogP contribution in [0.5, 0.6) is 0 Å². The molecule has 0 bridgehead atoms. The van der Waals surface area contributed by atoms with E-state index in [0.29, 0.717) is 5.78 Å². The predicted octanol–water partition coefficient (Wildman–Crippen LogP) is 3.45. The minimum Gasteiger partial charge on any atom is -0.378 e. The zero-order valence-electron chi connectivity index (χ0n) is 11.0. The maximum absolute atomic E-state index is 11.4. The smallest absolute Gasteiger partial charge is 0.158 e. The molecule has 1 aliphatic rings. The minimum atomic E-state index is 0.308. The molecule has 0 aliphatic heterocycles. The number of carbonyl (C=O) groups excluding carboxylic acids is 1. The number of hydrogen-bond donors (Lipinski definition) is 0. The molecule has 0 heterocycles. The Morgan fingerprint density at radius 3 is 2.39 bits per heavy atom. The van der Waals surface area contributed by atoms with Gasteiger partial charge in [0.15, 0.2) is 5.78 Å². The summed E-state index contributed by atoms with van der Waals surface area (Å²) in [5.74, 6) is 0.308. The summed E-state index contributed by atoms with van der Waals surface area (Å²) in [6.45, 7) is 0. The Bertz CT molecular complexity index is 480. The van der Waals surface area contributed by atoms with Gasteiger partial charge in [0.05, 0.1) is 0 Å². The summed E-state index contributed by atoms with van der Waals surface area (Å²) in [5, 5.41) is 0. The van der Waals surface area contributed by atoms with Gasteiger partial charge in [-0.2, -0.15) is 0 Å². The van der Waals surface area contributed by atoms with Crippen LogP contribution in [0, 0.1) is 0 Å². The van der Waals surface area contributed by atoms with E-state index in [0.717, 1.165) is 30.4 Å². The van der Waals surface area contributed by atoms with E-state index in [9.17, 15) is 4.79 Å². The van der Waals surface area contributed by atoms with Crippen LogP contribution in [0.2, 0.25) is 0 Å². The Labute approximate surface area is 109 Å². The van der Waals surface area contributed by atoms with Crippen LogP contribution in [-0.4, -0.2) is 19.9 Å². The van der Waals surface area contributed by atoms with Crippen molar-refractivity contribution in [2.75, 3.05) is 19.0 Å². The first-order chi connectivity index (χ1) is 8.66. The van der Waals surface area contributed by atoms with E-state index in [4.69, 9.17) is 0 Å². The first-order valence-electron chi connectivity index (χ1n) is 6.34. The van der Waals surface area contributed by atoms with Gasteiger partial charge in [-0.05, 0) is 36.1 Å². The molecular formula is C16H19NO. The highest BCUT2D eigenvalue weighted by atomic mass is 16.1. The van der Waals surface area contributed by atoms with E-state index in [1.807, 2.05) is 32.3 Å². The molecule has 1 aromatic carbocycles. The average Bonchev–Trinajstić information content (AvgIpc) is 2.76. The van der Waals surface area contributed by atoms with Crippen molar-refractivity contribution in [3.8, 4) is 0 Å². The summed E-state index contributed by atoms with van der Waals surface area (Å²) in [5.41, 5.74) is 3.32. The average molecular weight is 241 g/mol. The number of hydrogen-bond acceptors (Lipinski definition) is 2. The second-order valence-corrected chi connectivity index (χ2v) is 4.81. The Balaban J connectivity index is 2.03. The van der Waals surface area contributed by atoms with Gasteiger partial charge in [-0.15, -0.1) is 0 Å². The lowest BCUT2D eigenvalue weighted by molar-refractivity contribution is -0.114. The molecule has 0 unspecified atom stereocenters. The topological polar surface area (TPSA) is 20.3 Å². The van der Waals surface area contributed by atoms with Gasteiger partial charge in [-0.3, -0.25) is 4.79 Å². The van der Waals surface area contributed by atoms with Crippen LogP contribution in [0.25, 0.3) is 6.08 Å². The van der Waals surface area contributed by atoms with Gasteiger partial charge in [0.1, 0.15) is 0 Å². The van der Waals surface area contributed by atoms with Crippen molar-refractivity contribution in [3.05, 3.63) is 47.6 Å². The van der Waals surface area contributed by atoms with Gasteiger partial charge in [-0.1, -0.05) is 30.4 Å². The second kappa shape index (κ2) is 5.67. The lowest BCUT2D eigenvalue weighted by Gasteiger charge is -2.11.